The van der Waals surface area contributed by atoms with Gasteiger partial charge in [0, 0.05) is 32.0 Å². The molecule has 4 atom stereocenters. The van der Waals surface area contributed by atoms with Gasteiger partial charge in [-0.1, -0.05) is 30.3 Å². The maximum Gasteiger partial charge on any atom is 0.223 e. The van der Waals surface area contributed by atoms with Crippen LogP contribution in [0.1, 0.15) is 37.7 Å². The van der Waals surface area contributed by atoms with Crippen LogP contribution < -0.4 is 5.32 Å². The fraction of sp³-hybridized carbons (Fsp3) is 0.556. The second-order valence-corrected chi connectivity index (χ2v) is 6.72. The van der Waals surface area contributed by atoms with Crippen molar-refractivity contribution in [1.82, 2.24) is 10.2 Å². The summed E-state index contributed by atoms with van der Waals surface area (Å²) in [6.07, 6.45) is 2.26. The third kappa shape index (κ3) is 3.16. The molecule has 1 saturated carbocycles. The van der Waals surface area contributed by atoms with Crippen molar-refractivity contribution in [3.63, 3.8) is 0 Å². The van der Waals surface area contributed by atoms with E-state index in [4.69, 9.17) is 0 Å². The summed E-state index contributed by atoms with van der Waals surface area (Å²) < 4.78 is 0. The number of hydrogen-bond donors (Lipinski definition) is 1. The van der Waals surface area contributed by atoms with Gasteiger partial charge in [0.05, 0.1) is 0 Å². The molecule has 1 aliphatic carbocycles. The van der Waals surface area contributed by atoms with Gasteiger partial charge >= 0.3 is 0 Å². The number of likely N-dealkylation sites (tertiary alicyclic amines) is 1. The van der Waals surface area contributed by atoms with Gasteiger partial charge in [0.25, 0.3) is 0 Å². The monoisotopic (exact) mass is 300 g/mol. The molecule has 1 N–H and O–H groups in total. The first-order valence-electron chi connectivity index (χ1n) is 8.15. The lowest BCUT2D eigenvalue weighted by Crippen LogP contribution is -2.44. The average Bonchev–Trinajstić information content (AvgIpc) is 3.31. The molecule has 1 heterocycles. The Hall–Kier alpha value is -1.84. The van der Waals surface area contributed by atoms with E-state index in [1.807, 2.05) is 6.07 Å². The number of hydrogen-bond acceptors (Lipinski definition) is 2. The number of rotatable bonds is 4. The van der Waals surface area contributed by atoms with Crippen molar-refractivity contribution in [3.05, 3.63) is 35.9 Å². The maximum atomic E-state index is 12.4. The largest absolute Gasteiger partial charge is 0.353 e. The van der Waals surface area contributed by atoms with Gasteiger partial charge in [-0.25, -0.2) is 0 Å². The van der Waals surface area contributed by atoms with Gasteiger partial charge in [0.2, 0.25) is 11.8 Å². The topological polar surface area (TPSA) is 49.4 Å². The summed E-state index contributed by atoms with van der Waals surface area (Å²) in [5.74, 6) is 1.06. The molecule has 2 aliphatic rings. The van der Waals surface area contributed by atoms with Crippen molar-refractivity contribution in [2.45, 2.75) is 38.1 Å². The van der Waals surface area contributed by atoms with Gasteiger partial charge in [0.15, 0.2) is 0 Å². The molecule has 0 spiro atoms. The molecule has 2 amide bonds. The Morgan fingerprint density at radius 1 is 1.32 bits per heavy atom. The Bertz CT molecular complexity index is 557. The van der Waals surface area contributed by atoms with Crippen molar-refractivity contribution in [2.24, 2.45) is 11.8 Å². The van der Waals surface area contributed by atoms with E-state index < -0.39 is 0 Å². The molecule has 0 unspecified atom stereocenters. The lowest BCUT2D eigenvalue weighted by atomic mass is 9.95. The zero-order chi connectivity index (χ0) is 15.7. The minimum atomic E-state index is -0.153. The van der Waals surface area contributed by atoms with E-state index in [1.165, 1.54) is 5.56 Å². The highest BCUT2D eigenvalue weighted by Crippen LogP contribution is 2.49. The van der Waals surface area contributed by atoms with Crippen LogP contribution >= 0.6 is 0 Å². The van der Waals surface area contributed by atoms with Crippen LogP contribution in [-0.2, 0) is 9.59 Å². The van der Waals surface area contributed by atoms with Crippen LogP contribution in [0.15, 0.2) is 30.3 Å². The smallest absolute Gasteiger partial charge is 0.223 e. The SMILES string of the molecule is C[C@H](NC(=O)[C@@H]1CCN(C)C(=O)C1)[C@@H]1C[C@@H]1c1ccccc1. The molecule has 1 aromatic rings. The van der Waals surface area contributed by atoms with E-state index >= 15 is 0 Å². The highest BCUT2D eigenvalue weighted by molar-refractivity contribution is 5.87. The molecule has 3 rings (SSSR count). The molecule has 1 saturated heterocycles. The Morgan fingerprint density at radius 3 is 2.73 bits per heavy atom. The van der Waals surface area contributed by atoms with Crippen LogP contribution in [0.3, 0.4) is 0 Å². The van der Waals surface area contributed by atoms with Crippen molar-refractivity contribution in [2.75, 3.05) is 13.6 Å². The number of nitrogens with zero attached hydrogens (tertiary/aromatic N) is 1. The van der Waals surface area contributed by atoms with Crippen molar-refractivity contribution in [3.8, 4) is 0 Å². The summed E-state index contributed by atoms with van der Waals surface area (Å²) in [5, 5.41) is 3.14. The van der Waals surface area contributed by atoms with E-state index in [1.54, 1.807) is 11.9 Å². The van der Waals surface area contributed by atoms with E-state index in [2.05, 4.69) is 36.5 Å². The molecular weight excluding hydrogens is 276 g/mol. The van der Waals surface area contributed by atoms with Crippen molar-refractivity contribution in [1.29, 1.82) is 0 Å². The standard InChI is InChI=1S/C18H24N2O2/c1-12(15-11-16(15)13-6-4-3-5-7-13)19-18(22)14-8-9-20(2)17(21)10-14/h3-7,12,14-16H,8-11H2,1-2H3,(H,19,22)/t12-,14+,15-,16+/m0/s1. The lowest BCUT2D eigenvalue weighted by molar-refractivity contribution is -0.139. The third-order valence-corrected chi connectivity index (χ3v) is 5.11. The number of nitrogens with one attached hydrogen (secondary N) is 1. The molecular formula is C18H24N2O2. The van der Waals surface area contributed by atoms with Crippen LogP contribution in [-0.4, -0.2) is 36.3 Å². The first kappa shape index (κ1) is 15.1. The average molecular weight is 300 g/mol. The maximum absolute atomic E-state index is 12.4. The Morgan fingerprint density at radius 2 is 2.05 bits per heavy atom. The number of amides is 2. The number of benzene rings is 1. The van der Waals surface area contributed by atoms with Crippen LogP contribution in [0.2, 0.25) is 0 Å². The predicted molar refractivity (Wildman–Crippen MR) is 85.3 cm³/mol. The molecule has 118 valence electrons. The normalized spacial score (nSPS) is 29.1. The highest BCUT2D eigenvalue weighted by atomic mass is 16.2. The fourth-order valence-electron chi connectivity index (χ4n) is 3.47. The van der Waals surface area contributed by atoms with Crippen LogP contribution in [0.4, 0.5) is 0 Å². The summed E-state index contributed by atoms with van der Waals surface area (Å²) in [4.78, 5) is 25.8. The van der Waals surface area contributed by atoms with Crippen molar-refractivity contribution < 1.29 is 9.59 Å². The summed E-state index contributed by atoms with van der Waals surface area (Å²) >= 11 is 0. The van der Waals surface area contributed by atoms with Crippen molar-refractivity contribution >= 4 is 11.8 Å². The minimum Gasteiger partial charge on any atom is -0.353 e. The van der Waals surface area contributed by atoms with Gasteiger partial charge in [-0.05, 0) is 37.2 Å². The first-order chi connectivity index (χ1) is 10.6. The second-order valence-electron chi connectivity index (χ2n) is 6.72. The molecule has 0 bridgehead atoms. The Kier molecular flexibility index (Phi) is 4.19. The van der Waals surface area contributed by atoms with Gasteiger partial charge in [-0.15, -0.1) is 0 Å². The molecule has 0 aromatic heterocycles. The second kappa shape index (κ2) is 6.11. The summed E-state index contributed by atoms with van der Waals surface area (Å²) in [6.45, 7) is 2.77. The number of piperidine rings is 1. The van der Waals surface area contributed by atoms with Gasteiger partial charge < -0.3 is 10.2 Å². The van der Waals surface area contributed by atoms with Gasteiger partial charge in [-0.2, -0.15) is 0 Å². The van der Waals surface area contributed by atoms with Crippen LogP contribution in [0, 0.1) is 11.8 Å². The third-order valence-electron chi connectivity index (χ3n) is 5.11. The zero-order valence-electron chi connectivity index (χ0n) is 13.3. The van der Waals surface area contributed by atoms with E-state index in [0.717, 1.165) is 12.8 Å². The molecule has 4 nitrogen and oxygen atoms in total. The zero-order valence-corrected chi connectivity index (χ0v) is 13.3. The Balaban J connectivity index is 1.51. The summed E-state index contributed by atoms with van der Waals surface area (Å²) in [5.41, 5.74) is 1.36. The Labute approximate surface area is 131 Å². The lowest BCUT2D eigenvalue weighted by Gasteiger charge is -2.29. The molecule has 0 radical (unpaired) electrons. The fourth-order valence-corrected chi connectivity index (χ4v) is 3.47. The number of carbonyl (C=O) groups is 2. The predicted octanol–water partition coefficient (Wildman–Crippen LogP) is 2.16. The molecule has 1 aromatic carbocycles. The summed E-state index contributed by atoms with van der Waals surface area (Å²) in [7, 11) is 1.80. The molecule has 2 fully saturated rings. The first-order valence-corrected chi connectivity index (χ1v) is 8.15. The molecule has 22 heavy (non-hydrogen) atoms. The van der Waals surface area contributed by atoms with E-state index in [9.17, 15) is 9.59 Å². The van der Waals surface area contributed by atoms with Crippen LogP contribution in [0.25, 0.3) is 0 Å². The van der Waals surface area contributed by atoms with E-state index in [-0.39, 0.29) is 23.8 Å². The minimum absolute atomic E-state index is 0.0488. The number of carbonyl (C=O) groups excluding carboxylic acids is 2. The highest BCUT2D eigenvalue weighted by Gasteiger charge is 2.43. The molecule has 4 heteroatoms. The van der Waals surface area contributed by atoms with Crippen LogP contribution in [0.5, 0.6) is 0 Å². The van der Waals surface area contributed by atoms with Gasteiger partial charge in [-0.3, -0.25) is 9.59 Å². The van der Waals surface area contributed by atoms with Gasteiger partial charge in [0.1, 0.15) is 0 Å². The molecule has 1 aliphatic heterocycles. The van der Waals surface area contributed by atoms with E-state index in [0.29, 0.717) is 24.8 Å². The quantitative estimate of drug-likeness (QED) is 0.926. The summed E-state index contributed by atoms with van der Waals surface area (Å²) in [6, 6.07) is 10.7.